The Labute approximate surface area is 198 Å². The van der Waals surface area contributed by atoms with E-state index in [4.69, 9.17) is 15.5 Å². The molecule has 0 aliphatic heterocycles. The van der Waals surface area contributed by atoms with Gasteiger partial charge in [0.15, 0.2) is 5.88 Å². The van der Waals surface area contributed by atoms with Gasteiger partial charge in [0.1, 0.15) is 0 Å². The van der Waals surface area contributed by atoms with Gasteiger partial charge in [0.2, 0.25) is 0 Å². The predicted octanol–water partition coefficient (Wildman–Crippen LogP) is 4.27. The van der Waals surface area contributed by atoms with Crippen molar-refractivity contribution in [2.45, 2.75) is 13.0 Å². The van der Waals surface area contributed by atoms with E-state index in [9.17, 15) is 9.90 Å². The molecule has 34 heavy (non-hydrogen) atoms. The Hall–Kier alpha value is -3.94. The quantitative estimate of drug-likeness (QED) is 0.171. The zero-order valence-corrected chi connectivity index (χ0v) is 19.0. The van der Waals surface area contributed by atoms with Gasteiger partial charge in [-0.15, -0.1) is 0 Å². The third-order valence-corrected chi connectivity index (χ3v) is 5.55. The number of ether oxygens (including phenoxy) is 1. The van der Waals surface area contributed by atoms with Crippen molar-refractivity contribution < 1.29 is 14.6 Å². The first kappa shape index (κ1) is 23.2. The van der Waals surface area contributed by atoms with Crippen molar-refractivity contribution in [3.8, 4) is 5.88 Å². The number of esters is 1. The maximum Gasteiger partial charge on any atom is 0.337 e. The minimum Gasteiger partial charge on any atom is -0.494 e. The second-order valence-electron chi connectivity index (χ2n) is 7.91. The molecule has 1 aromatic heterocycles. The van der Waals surface area contributed by atoms with Gasteiger partial charge in [0.05, 0.1) is 29.6 Å². The van der Waals surface area contributed by atoms with E-state index in [1.807, 2.05) is 54.6 Å². The number of carbonyl (C=O) groups excluding carboxylic acids is 1. The number of aromatic nitrogens is 1. The van der Waals surface area contributed by atoms with Crippen LogP contribution in [-0.2, 0) is 11.3 Å². The van der Waals surface area contributed by atoms with Crippen LogP contribution in [0.2, 0.25) is 0 Å². The van der Waals surface area contributed by atoms with E-state index in [2.05, 4.69) is 10.3 Å². The minimum atomic E-state index is -0.438. The molecule has 0 aliphatic rings. The minimum absolute atomic E-state index is 0.0136. The number of methoxy groups -OCH3 is 1. The van der Waals surface area contributed by atoms with Crippen molar-refractivity contribution in [2.75, 3.05) is 20.2 Å². The van der Waals surface area contributed by atoms with Gasteiger partial charge in [-0.2, -0.15) is 0 Å². The van der Waals surface area contributed by atoms with Crippen LogP contribution in [0.1, 0.15) is 33.5 Å². The third-order valence-electron chi connectivity index (χ3n) is 5.55. The number of H-pyrrole nitrogens is 1. The molecular formula is C27H28N4O3. The molecule has 0 bridgehead atoms. The van der Waals surface area contributed by atoms with Gasteiger partial charge < -0.3 is 25.9 Å². The molecule has 5 N–H and O–H groups in total. The highest BCUT2D eigenvalue weighted by molar-refractivity contribution is 6.22. The van der Waals surface area contributed by atoms with Crippen LogP contribution in [0, 0.1) is 0 Å². The number of carbonyl (C=O) groups is 1. The Bertz CT molecular complexity index is 1290. The normalized spacial score (nSPS) is 11.6. The lowest BCUT2D eigenvalue weighted by atomic mass is 10.00. The maximum atomic E-state index is 11.9. The number of aliphatic imine (C=N–C) groups is 1. The molecule has 7 heteroatoms. The number of nitrogens with two attached hydrogens (primary N) is 1. The molecule has 1 heterocycles. The summed E-state index contributed by atoms with van der Waals surface area (Å²) in [7, 11) is 1.34. The van der Waals surface area contributed by atoms with Crippen LogP contribution in [0.15, 0.2) is 77.8 Å². The molecule has 0 aliphatic carbocycles. The fourth-order valence-corrected chi connectivity index (χ4v) is 3.81. The Morgan fingerprint density at radius 1 is 1.06 bits per heavy atom. The molecule has 0 fully saturated rings. The number of rotatable bonds is 9. The molecule has 4 rings (SSSR count). The maximum absolute atomic E-state index is 11.9. The molecule has 0 amide bonds. The van der Waals surface area contributed by atoms with Crippen molar-refractivity contribution in [2.24, 2.45) is 10.7 Å². The van der Waals surface area contributed by atoms with Crippen LogP contribution in [-0.4, -0.2) is 42.0 Å². The summed E-state index contributed by atoms with van der Waals surface area (Å²) in [6.07, 6.45) is 0.943. The van der Waals surface area contributed by atoms with Crippen molar-refractivity contribution in [3.63, 3.8) is 0 Å². The van der Waals surface area contributed by atoms with Crippen LogP contribution in [0.4, 0.5) is 5.69 Å². The lowest BCUT2D eigenvalue weighted by molar-refractivity contribution is 0.0601. The summed E-state index contributed by atoms with van der Waals surface area (Å²) in [6.45, 7) is 2.32. The summed E-state index contributed by atoms with van der Waals surface area (Å²) in [5.41, 5.74) is 10.6. The topological polar surface area (TPSA) is 113 Å². The van der Waals surface area contributed by atoms with Gasteiger partial charge in [0, 0.05) is 23.0 Å². The Morgan fingerprint density at radius 3 is 2.53 bits per heavy atom. The summed E-state index contributed by atoms with van der Waals surface area (Å²) in [4.78, 5) is 19.8. The van der Waals surface area contributed by atoms with Crippen LogP contribution >= 0.6 is 0 Å². The van der Waals surface area contributed by atoms with Gasteiger partial charge in [-0.05, 0) is 49.3 Å². The van der Waals surface area contributed by atoms with Crippen molar-refractivity contribution in [1.82, 2.24) is 10.3 Å². The molecule has 7 nitrogen and oxygen atoms in total. The lowest BCUT2D eigenvalue weighted by Gasteiger charge is -2.09. The van der Waals surface area contributed by atoms with E-state index in [0.29, 0.717) is 28.9 Å². The van der Waals surface area contributed by atoms with Gasteiger partial charge in [-0.25, -0.2) is 9.79 Å². The Balaban J connectivity index is 1.73. The van der Waals surface area contributed by atoms with E-state index in [-0.39, 0.29) is 5.88 Å². The van der Waals surface area contributed by atoms with Crippen molar-refractivity contribution in [3.05, 3.63) is 95.1 Å². The van der Waals surface area contributed by atoms with Gasteiger partial charge in [-0.1, -0.05) is 48.5 Å². The predicted molar refractivity (Wildman–Crippen MR) is 135 cm³/mol. The highest BCUT2D eigenvalue weighted by Crippen LogP contribution is 2.32. The molecule has 0 saturated carbocycles. The average molecular weight is 457 g/mol. The summed E-state index contributed by atoms with van der Waals surface area (Å²) < 4.78 is 4.82. The van der Waals surface area contributed by atoms with E-state index in [0.717, 1.165) is 41.7 Å². The summed E-state index contributed by atoms with van der Waals surface area (Å²) in [5, 5.41) is 15.0. The van der Waals surface area contributed by atoms with Crippen molar-refractivity contribution in [1.29, 1.82) is 0 Å². The lowest BCUT2D eigenvalue weighted by Crippen LogP contribution is -2.17. The van der Waals surface area contributed by atoms with E-state index in [1.165, 1.54) is 7.11 Å². The first-order chi connectivity index (χ1) is 16.6. The summed E-state index contributed by atoms with van der Waals surface area (Å²) in [5.74, 6) is -0.451. The summed E-state index contributed by atoms with van der Waals surface area (Å²) in [6, 6.07) is 22.8. The Kier molecular flexibility index (Phi) is 7.37. The zero-order chi connectivity index (χ0) is 23.9. The number of hydrogen-bond acceptors (Lipinski definition) is 6. The van der Waals surface area contributed by atoms with Crippen LogP contribution in [0.3, 0.4) is 0 Å². The number of aromatic hydroxyl groups is 1. The number of fused-ring (bicyclic) bond motifs is 1. The first-order valence-electron chi connectivity index (χ1n) is 11.2. The highest BCUT2D eigenvalue weighted by atomic mass is 16.5. The van der Waals surface area contributed by atoms with Crippen LogP contribution in [0.5, 0.6) is 5.88 Å². The number of aromatic amines is 1. The first-order valence-corrected chi connectivity index (χ1v) is 11.2. The fraction of sp³-hybridized carbons (Fsp3) is 0.185. The summed E-state index contributed by atoms with van der Waals surface area (Å²) >= 11 is 0. The number of nitrogens with zero attached hydrogens (tertiary/aromatic N) is 1. The van der Waals surface area contributed by atoms with E-state index < -0.39 is 5.97 Å². The molecule has 174 valence electrons. The van der Waals surface area contributed by atoms with Gasteiger partial charge in [-0.3, -0.25) is 0 Å². The number of benzene rings is 3. The highest BCUT2D eigenvalue weighted by Gasteiger charge is 2.20. The zero-order valence-electron chi connectivity index (χ0n) is 19.0. The molecule has 0 atom stereocenters. The average Bonchev–Trinajstić information content (AvgIpc) is 3.20. The molecule has 0 radical (unpaired) electrons. The number of nitrogens with one attached hydrogen (secondary N) is 2. The molecule has 0 spiro atoms. The van der Waals surface area contributed by atoms with Crippen LogP contribution in [0.25, 0.3) is 10.9 Å². The largest absolute Gasteiger partial charge is 0.494 e. The second-order valence-corrected chi connectivity index (χ2v) is 7.91. The molecule has 0 unspecified atom stereocenters. The molecule has 3 aromatic carbocycles. The molecule has 4 aromatic rings. The Morgan fingerprint density at radius 2 is 1.82 bits per heavy atom. The monoisotopic (exact) mass is 456 g/mol. The number of hydrogen-bond donors (Lipinski definition) is 4. The van der Waals surface area contributed by atoms with Gasteiger partial charge in [0.25, 0.3) is 0 Å². The van der Waals surface area contributed by atoms with E-state index in [1.54, 1.807) is 18.2 Å². The third kappa shape index (κ3) is 5.17. The smallest absolute Gasteiger partial charge is 0.337 e. The van der Waals surface area contributed by atoms with Gasteiger partial charge >= 0.3 is 5.97 Å². The molecular weight excluding hydrogens is 428 g/mol. The van der Waals surface area contributed by atoms with Crippen LogP contribution < -0.4 is 11.1 Å². The van der Waals surface area contributed by atoms with Crippen molar-refractivity contribution >= 4 is 28.3 Å². The second kappa shape index (κ2) is 10.8. The SMILES string of the molecule is COC(=O)c1ccc2c(C(=Nc3ccc(CNCCCN)cc3)c3ccccc3)c(O)[nH]c2c1. The van der Waals surface area contributed by atoms with E-state index >= 15 is 0 Å². The standard InChI is InChI=1S/C27H28N4O3/c1-34-27(33)20-10-13-22-23(16-20)31-26(32)24(22)25(19-6-3-2-4-7-19)30-21-11-8-18(9-12-21)17-29-15-5-14-28/h2-4,6-13,16,29,31-32H,5,14-15,17,28H2,1H3. The fourth-order valence-electron chi connectivity index (χ4n) is 3.81. The molecule has 0 saturated heterocycles.